The van der Waals surface area contributed by atoms with Gasteiger partial charge in [0.2, 0.25) is 5.91 Å². The van der Waals surface area contributed by atoms with Crippen molar-refractivity contribution >= 4 is 5.91 Å². The predicted octanol–water partition coefficient (Wildman–Crippen LogP) is -0.993. The number of nitrogens with zero attached hydrogens (tertiary/aromatic N) is 2. The molecule has 6 heteroatoms. The molecule has 2 unspecified atom stereocenters. The third-order valence-corrected chi connectivity index (χ3v) is 1.77. The van der Waals surface area contributed by atoms with E-state index in [2.05, 4.69) is 15.3 Å². The van der Waals surface area contributed by atoms with E-state index < -0.39 is 12.2 Å². The summed E-state index contributed by atoms with van der Waals surface area (Å²) < 4.78 is 0. The molecule has 0 saturated carbocycles. The molecule has 0 saturated heterocycles. The number of rotatable bonds is 4. The summed E-state index contributed by atoms with van der Waals surface area (Å²) in [6, 6.07) is 1.61. The number of aromatic nitrogens is 2. The van der Waals surface area contributed by atoms with Crippen molar-refractivity contribution in [3.8, 4) is 0 Å². The van der Waals surface area contributed by atoms with Crippen molar-refractivity contribution in [2.75, 3.05) is 6.54 Å². The van der Waals surface area contributed by atoms with E-state index in [-0.39, 0.29) is 18.3 Å². The van der Waals surface area contributed by atoms with E-state index in [1.165, 1.54) is 19.3 Å². The van der Waals surface area contributed by atoms with Crippen LogP contribution in [0.3, 0.4) is 0 Å². The van der Waals surface area contributed by atoms with Crippen LogP contribution < -0.4 is 5.32 Å². The molecule has 2 atom stereocenters. The first kappa shape index (κ1) is 11.5. The van der Waals surface area contributed by atoms with Crippen LogP contribution in [0, 0.1) is 0 Å². The second-order valence-corrected chi connectivity index (χ2v) is 3.06. The van der Waals surface area contributed by atoms with E-state index in [1.54, 1.807) is 6.07 Å². The van der Waals surface area contributed by atoms with Gasteiger partial charge in [-0.15, -0.1) is 0 Å². The van der Waals surface area contributed by atoms with Crippen LogP contribution in [0.4, 0.5) is 0 Å². The summed E-state index contributed by atoms with van der Waals surface area (Å²) in [7, 11) is 0. The lowest BCUT2D eigenvalue weighted by Crippen LogP contribution is -2.34. The predicted molar refractivity (Wildman–Crippen MR) is 51.7 cm³/mol. The Morgan fingerprint density at radius 2 is 2.07 bits per heavy atom. The van der Waals surface area contributed by atoms with Crippen LogP contribution >= 0.6 is 0 Å². The molecule has 0 spiro atoms. The smallest absolute Gasteiger partial charge is 0.216 e. The summed E-state index contributed by atoms with van der Waals surface area (Å²) in [5.41, 5.74) is 0. The lowest BCUT2D eigenvalue weighted by atomic mass is 10.2. The summed E-state index contributed by atoms with van der Waals surface area (Å²) in [6.45, 7) is 1.30. The zero-order valence-electron chi connectivity index (χ0n) is 8.29. The maximum absolute atomic E-state index is 10.6. The molecule has 0 aromatic carbocycles. The molecule has 1 amide bonds. The Morgan fingerprint density at radius 3 is 2.60 bits per heavy atom. The number of aliphatic hydroxyl groups is 2. The van der Waals surface area contributed by atoms with Gasteiger partial charge >= 0.3 is 0 Å². The summed E-state index contributed by atoms with van der Waals surface area (Å²) in [6.07, 6.45) is 0.627. The van der Waals surface area contributed by atoms with Gasteiger partial charge in [0.1, 0.15) is 12.2 Å². The Balaban J connectivity index is 2.53. The van der Waals surface area contributed by atoms with Crippen LogP contribution in [0.15, 0.2) is 18.5 Å². The number of carbonyl (C=O) groups is 1. The molecule has 0 aliphatic rings. The molecule has 1 heterocycles. The van der Waals surface area contributed by atoms with Crippen LogP contribution in [-0.4, -0.2) is 38.7 Å². The maximum Gasteiger partial charge on any atom is 0.216 e. The molecule has 0 aliphatic heterocycles. The number of hydrogen-bond acceptors (Lipinski definition) is 5. The van der Waals surface area contributed by atoms with E-state index >= 15 is 0 Å². The standard InChI is InChI=1S/C9H13N3O3/c1-6(13)12-5-7(14)8(15)9-10-3-2-4-11-9/h2-4,7-8,14-15H,5H2,1H3,(H,12,13). The maximum atomic E-state index is 10.6. The van der Waals surface area contributed by atoms with Crippen LogP contribution in [0.1, 0.15) is 18.9 Å². The highest BCUT2D eigenvalue weighted by Gasteiger charge is 2.20. The largest absolute Gasteiger partial charge is 0.388 e. The fraction of sp³-hybridized carbons (Fsp3) is 0.444. The Morgan fingerprint density at radius 1 is 1.47 bits per heavy atom. The minimum Gasteiger partial charge on any atom is -0.388 e. The molecule has 82 valence electrons. The highest BCUT2D eigenvalue weighted by atomic mass is 16.3. The Bertz CT molecular complexity index is 318. The summed E-state index contributed by atoms with van der Waals surface area (Å²) in [5.74, 6) is -0.134. The molecule has 6 nitrogen and oxygen atoms in total. The first-order chi connectivity index (χ1) is 7.11. The van der Waals surface area contributed by atoms with Gasteiger partial charge in [-0.25, -0.2) is 9.97 Å². The molecule has 0 bridgehead atoms. The zero-order chi connectivity index (χ0) is 11.3. The van der Waals surface area contributed by atoms with Crippen molar-refractivity contribution in [2.45, 2.75) is 19.1 Å². The second-order valence-electron chi connectivity index (χ2n) is 3.06. The van der Waals surface area contributed by atoms with Gasteiger partial charge in [0.05, 0.1) is 0 Å². The van der Waals surface area contributed by atoms with Crippen molar-refractivity contribution in [3.05, 3.63) is 24.3 Å². The first-order valence-corrected chi connectivity index (χ1v) is 4.48. The van der Waals surface area contributed by atoms with Gasteiger partial charge in [-0.2, -0.15) is 0 Å². The van der Waals surface area contributed by atoms with E-state index in [1.807, 2.05) is 0 Å². The van der Waals surface area contributed by atoms with Crippen molar-refractivity contribution in [1.29, 1.82) is 0 Å². The lowest BCUT2D eigenvalue weighted by molar-refractivity contribution is -0.119. The number of carbonyl (C=O) groups excluding carboxylic acids is 1. The molecule has 3 N–H and O–H groups in total. The highest BCUT2D eigenvalue weighted by Crippen LogP contribution is 2.10. The van der Waals surface area contributed by atoms with Gasteiger partial charge < -0.3 is 15.5 Å². The average Bonchev–Trinajstić information content (AvgIpc) is 2.26. The molecule has 1 rings (SSSR count). The minimum atomic E-state index is -1.20. The Labute approximate surface area is 87.0 Å². The van der Waals surface area contributed by atoms with Crippen LogP contribution in [0.25, 0.3) is 0 Å². The monoisotopic (exact) mass is 211 g/mol. The van der Waals surface area contributed by atoms with E-state index in [9.17, 15) is 15.0 Å². The van der Waals surface area contributed by atoms with Crippen molar-refractivity contribution in [3.63, 3.8) is 0 Å². The number of hydrogen-bond donors (Lipinski definition) is 3. The molecule has 0 fully saturated rings. The third-order valence-electron chi connectivity index (χ3n) is 1.77. The molecular weight excluding hydrogens is 198 g/mol. The summed E-state index contributed by atoms with van der Waals surface area (Å²) >= 11 is 0. The second kappa shape index (κ2) is 5.38. The number of nitrogens with one attached hydrogen (secondary N) is 1. The fourth-order valence-corrected chi connectivity index (χ4v) is 0.995. The highest BCUT2D eigenvalue weighted by molar-refractivity contribution is 5.72. The third kappa shape index (κ3) is 3.61. The summed E-state index contributed by atoms with van der Waals surface area (Å²) in [5, 5.41) is 21.4. The van der Waals surface area contributed by atoms with Crippen LogP contribution in [-0.2, 0) is 4.79 Å². The zero-order valence-corrected chi connectivity index (χ0v) is 8.29. The van der Waals surface area contributed by atoms with Gasteiger partial charge in [0, 0.05) is 25.9 Å². The topological polar surface area (TPSA) is 95.3 Å². The van der Waals surface area contributed by atoms with Gasteiger partial charge in [0.25, 0.3) is 0 Å². The quantitative estimate of drug-likeness (QED) is 0.594. The SMILES string of the molecule is CC(=O)NCC(O)C(O)c1ncccn1. The first-order valence-electron chi connectivity index (χ1n) is 4.48. The Kier molecular flexibility index (Phi) is 4.14. The van der Waals surface area contributed by atoms with Gasteiger partial charge in [-0.05, 0) is 6.07 Å². The van der Waals surface area contributed by atoms with Crippen molar-refractivity contribution in [2.24, 2.45) is 0 Å². The fourth-order valence-electron chi connectivity index (χ4n) is 0.995. The molecule has 1 aromatic heterocycles. The molecule has 15 heavy (non-hydrogen) atoms. The number of amides is 1. The van der Waals surface area contributed by atoms with Gasteiger partial charge in [-0.3, -0.25) is 4.79 Å². The van der Waals surface area contributed by atoms with Crippen LogP contribution in [0.5, 0.6) is 0 Å². The minimum absolute atomic E-state index is 0.0330. The van der Waals surface area contributed by atoms with Crippen molar-refractivity contribution < 1.29 is 15.0 Å². The number of aliphatic hydroxyl groups excluding tert-OH is 2. The molecule has 0 radical (unpaired) electrons. The molecule has 0 aliphatic carbocycles. The average molecular weight is 211 g/mol. The van der Waals surface area contributed by atoms with Gasteiger partial charge in [-0.1, -0.05) is 0 Å². The molecule has 1 aromatic rings. The lowest BCUT2D eigenvalue weighted by Gasteiger charge is -2.16. The Hall–Kier alpha value is -1.53. The van der Waals surface area contributed by atoms with E-state index in [0.29, 0.717) is 0 Å². The molecular formula is C9H13N3O3. The van der Waals surface area contributed by atoms with E-state index in [0.717, 1.165) is 0 Å². The van der Waals surface area contributed by atoms with Gasteiger partial charge in [0.15, 0.2) is 5.82 Å². The van der Waals surface area contributed by atoms with Crippen molar-refractivity contribution in [1.82, 2.24) is 15.3 Å². The normalized spacial score (nSPS) is 14.3. The van der Waals surface area contributed by atoms with E-state index in [4.69, 9.17) is 0 Å². The van der Waals surface area contributed by atoms with Crippen LogP contribution in [0.2, 0.25) is 0 Å². The summed E-state index contributed by atoms with van der Waals surface area (Å²) in [4.78, 5) is 18.2.